The molecular weight excluding hydrogens is 507 g/mol. The van der Waals surface area contributed by atoms with Gasteiger partial charge in [-0.05, 0) is 66.8 Å². The molecule has 0 bridgehead atoms. The molecule has 11 heteroatoms. The maximum absolute atomic E-state index is 13.2. The topological polar surface area (TPSA) is 105 Å². The summed E-state index contributed by atoms with van der Waals surface area (Å²) in [4.78, 5) is 30.1. The van der Waals surface area contributed by atoms with Gasteiger partial charge in [0.1, 0.15) is 5.82 Å². The molecule has 2 N–H and O–H groups in total. The number of benzene rings is 2. The third-order valence-corrected chi connectivity index (χ3v) is 6.66. The van der Waals surface area contributed by atoms with E-state index in [-0.39, 0.29) is 35.9 Å². The van der Waals surface area contributed by atoms with Crippen LogP contribution in [0.5, 0.6) is 0 Å². The van der Waals surface area contributed by atoms with Gasteiger partial charge >= 0.3 is 0 Å². The number of pyridine rings is 1. The van der Waals surface area contributed by atoms with Gasteiger partial charge in [-0.3, -0.25) is 19.9 Å². The van der Waals surface area contributed by atoms with Gasteiger partial charge in [0, 0.05) is 48.9 Å². The molecule has 1 saturated heterocycles. The number of halogens is 1. The molecule has 0 aliphatic carbocycles. The second-order valence-electron chi connectivity index (χ2n) is 8.71. The Morgan fingerprint density at radius 1 is 1.11 bits per heavy atom. The Bertz CT molecular complexity index is 1480. The summed E-state index contributed by atoms with van der Waals surface area (Å²) in [5.74, 6) is -0.625. The van der Waals surface area contributed by atoms with Crippen LogP contribution < -0.4 is 10.6 Å². The molecule has 5 rings (SSSR count). The number of nitro benzene ring substituents is 1. The van der Waals surface area contributed by atoms with Crippen LogP contribution >= 0.6 is 12.2 Å². The predicted octanol–water partition coefficient (Wildman–Crippen LogP) is 4.92. The highest BCUT2D eigenvalue weighted by Gasteiger charge is 2.41. The van der Waals surface area contributed by atoms with Crippen molar-refractivity contribution in [3.05, 3.63) is 119 Å². The van der Waals surface area contributed by atoms with Crippen molar-refractivity contribution in [1.29, 1.82) is 0 Å². The first-order valence-electron chi connectivity index (χ1n) is 11.9. The number of carbonyl (C=O) groups is 1. The van der Waals surface area contributed by atoms with Crippen LogP contribution in [0.3, 0.4) is 0 Å². The lowest BCUT2D eigenvalue weighted by Gasteiger charge is -2.28. The number of amides is 1. The van der Waals surface area contributed by atoms with Crippen molar-refractivity contribution in [3.63, 3.8) is 0 Å². The van der Waals surface area contributed by atoms with Crippen LogP contribution in [0.1, 0.15) is 29.9 Å². The fourth-order valence-corrected chi connectivity index (χ4v) is 4.91. The number of nitrogens with one attached hydrogen (secondary N) is 2. The highest BCUT2D eigenvalue weighted by atomic mass is 32.1. The third kappa shape index (κ3) is 5.23. The highest BCUT2D eigenvalue weighted by Crippen LogP contribution is 2.39. The fourth-order valence-electron chi connectivity index (χ4n) is 4.57. The summed E-state index contributed by atoms with van der Waals surface area (Å²) in [6.45, 7) is 0.299. The van der Waals surface area contributed by atoms with Crippen LogP contribution in [0.4, 0.5) is 15.8 Å². The summed E-state index contributed by atoms with van der Waals surface area (Å²) in [7, 11) is 0. The number of carbonyl (C=O) groups excluding carboxylic acids is 1. The van der Waals surface area contributed by atoms with E-state index in [4.69, 9.17) is 12.2 Å². The smallest absolute Gasteiger partial charge is 0.271 e. The standard InChI is InChI=1S/C27H23FN6O3S/c28-18-9-11-19(12-10-18)30-24(35)13-16-33-26(25(31-27(33)38)22-7-1-2-14-29-22)23-8-4-15-32(23)20-5-3-6-21(17-20)34(36)37/h1-12,14-15,17,25-26H,13,16H2,(H,30,35)(H,31,38)/t25-,26+/m1/s1. The lowest BCUT2D eigenvalue weighted by Crippen LogP contribution is -2.33. The predicted molar refractivity (Wildman–Crippen MR) is 144 cm³/mol. The van der Waals surface area contributed by atoms with E-state index in [0.717, 1.165) is 11.4 Å². The molecule has 38 heavy (non-hydrogen) atoms. The Balaban J connectivity index is 1.45. The van der Waals surface area contributed by atoms with Gasteiger partial charge in [-0.15, -0.1) is 0 Å². The van der Waals surface area contributed by atoms with Gasteiger partial charge in [0.05, 0.1) is 28.4 Å². The molecule has 1 fully saturated rings. The number of non-ortho nitro benzene ring substituents is 1. The normalized spacial score (nSPS) is 16.8. The number of anilines is 1. The Hall–Kier alpha value is -4.64. The molecule has 0 saturated carbocycles. The minimum Gasteiger partial charge on any atom is -0.352 e. The minimum atomic E-state index is -0.429. The average Bonchev–Trinajstić information content (AvgIpc) is 3.53. The van der Waals surface area contributed by atoms with E-state index in [0.29, 0.717) is 23.0 Å². The van der Waals surface area contributed by atoms with Crippen molar-refractivity contribution in [2.24, 2.45) is 0 Å². The van der Waals surface area contributed by atoms with E-state index in [1.807, 2.05) is 46.0 Å². The van der Waals surface area contributed by atoms with Crippen molar-refractivity contribution in [2.75, 3.05) is 11.9 Å². The first kappa shape index (κ1) is 25.0. The summed E-state index contributed by atoms with van der Waals surface area (Å²) >= 11 is 5.69. The molecule has 192 valence electrons. The zero-order valence-corrected chi connectivity index (χ0v) is 20.8. The maximum atomic E-state index is 13.2. The highest BCUT2D eigenvalue weighted by molar-refractivity contribution is 7.80. The average molecular weight is 531 g/mol. The van der Waals surface area contributed by atoms with Gasteiger partial charge in [0.15, 0.2) is 5.11 Å². The number of thiocarbonyl (C=S) groups is 1. The summed E-state index contributed by atoms with van der Waals surface area (Å²) < 4.78 is 15.1. The molecule has 9 nitrogen and oxygen atoms in total. The van der Waals surface area contributed by atoms with Crippen LogP contribution in [0.15, 0.2) is 91.3 Å². The lowest BCUT2D eigenvalue weighted by molar-refractivity contribution is -0.384. The van der Waals surface area contributed by atoms with Crippen LogP contribution in [0.2, 0.25) is 0 Å². The summed E-state index contributed by atoms with van der Waals surface area (Å²) in [6.07, 6.45) is 3.67. The molecule has 1 amide bonds. The molecule has 1 aliphatic rings. The maximum Gasteiger partial charge on any atom is 0.271 e. The largest absolute Gasteiger partial charge is 0.352 e. The van der Waals surface area contributed by atoms with E-state index in [2.05, 4.69) is 15.6 Å². The molecular formula is C27H23FN6O3S. The monoisotopic (exact) mass is 530 g/mol. The quantitative estimate of drug-likeness (QED) is 0.189. The van der Waals surface area contributed by atoms with Crippen LogP contribution in [-0.4, -0.2) is 36.9 Å². The second-order valence-corrected chi connectivity index (χ2v) is 9.09. The van der Waals surface area contributed by atoms with E-state index < -0.39 is 4.92 Å². The van der Waals surface area contributed by atoms with Gasteiger partial charge in [-0.1, -0.05) is 12.1 Å². The van der Waals surface area contributed by atoms with Crippen molar-refractivity contribution in [2.45, 2.75) is 18.5 Å². The number of aromatic nitrogens is 2. The zero-order chi connectivity index (χ0) is 26.6. The van der Waals surface area contributed by atoms with E-state index in [9.17, 15) is 19.3 Å². The molecule has 3 heterocycles. The van der Waals surface area contributed by atoms with Crippen molar-refractivity contribution in [1.82, 2.24) is 19.8 Å². The first-order chi connectivity index (χ1) is 18.4. The fraction of sp³-hybridized carbons (Fsp3) is 0.148. The van der Waals surface area contributed by atoms with Gasteiger partial charge < -0.3 is 20.1 Å². The Kier molecular flexibility index (Phi) is 7.09. The SMILES string of the molecule is O=C(CCN1C(=S)N[C@H](c2ccccn2)[C@@H]1c1cccn1-c1cccc([N+](=O)[O-])c1)Nc1ccc(F)cc1. The van der Waals surface area contributed by atoms with Crippen molar-refractivity contribution >= 4 is 34.6 Å². The van der Waals surface area contributed by atoms with Crippen LogP contribution in [-0.2, 0) is 4.79 Å². The van der Waals surface area contributed by atoms with Crippen molar-refractivity contribution in [3.8, 4) is 5.69 Å². The number of hydrogen-bond acceptors (Lipinski definition) is 5. The van der Waals surface area contributed by atoms with Crippen molar-refractivity contribution < 1.29 is 14.1 Å². The summed E-state index contributed by atoms with van der Waals surface area (Å²) in [5, 5.41) is 18.0. The van der Waals surface area contributed by atoms with Gasteiger partial charge in [0.2, 0.25) is 5.91 Å². The summed E-state index contributed by atoms with van der Waals surface area (Å²) in [5.41, 5.74) is 2.71. The Labute approximate surface area is 223 Å². The molecule has 2 aromatic heterocycles. The zero-order valence-electron chi connectivity index (χ0n) is 20.0. The number of nitro groups is 1. The van der Waals surface area contributed by atoms with Gasteiger partial charge in [-0.25, -0.2) is 4.39 Å². The Morgan fingerprint density at radius 2 is 1.92 bits per heavy atom. The van der Waals surface area contributed by atoms with Crippen LogP contribution in [0, 0.1) is 15.9 Å². The molecule has 0 spiro atoms. The lowest BCUT2D eigenvalue weighted by atomic mass is 10.0. The Morgan fingerprint density at radius 3 is 2.66 bits per heavy atom. The van der Waals surface area contributed by atoms with Crippen LogP contribution in [0.25, 0.3) is 5.69 Å². The number of rotatable bonds is 8. The first-order valence-corrected chi connectivity index (χ1v) is 12.3. The second kappa shape index (κ2) is 10.8. The van der Waals surface area contributed by atoms with E-state index in [1.165, 1.54) is 36.4 Å². The molecule has 1 aliphatic heterocycles. The number of nitrogens with zero attached hydrogens (tertiary/aromatic N) is 4. The van der Waals surface area contributed by atoms with Gasteiger partial charge in [0.25, 0.3) is 5.69 Å². The van der Waals surface area contributed by atoms with E-state index in [1.54, 1.807) is 18.3 Å². The van der Waals surface area contributed by atoms with Gasteiger partial charge in [-0.2, -0.15) is 0 Å². The molecule has 0 radical (unpaired) electrons. The van der Waals surface area contributed by atoms with E-state index >= 15 is 0 Å². The molecule has 4 aromatic rings. The molecule has 2 aromatic carbocycles. The minimum absolute atomic E-state index is 0.0159. The molecule has 2 atom stereocenters. The number of hydrogen-bond donors (Lipinski definition) is 2. The summed E-state index contributed by atoms with van der Waals surface area (Å²) in [6, 6.07) is 20.7. The third-order valence-electron chi connectivity index (χ3n) is 6.31. The molecule has 0 unspecified atom stereocenters.